The summed E-state index contributed by atoms with van der Waals surface area (Å²) in [5.74, 6) is 0.666. The fraction of sp³-hybridized carbons (Fsp3) is 0.412. The molecule has 0 aliphatic heterocycles. The van der Waals surface area contributed by atoms with Gasteiger partial charge in [-0.05, 0) is 18.6 Å². The van der Waals surface area contributed by atoms with E-state index in [4.69, 9.17) is 5.11 Å². The number of hydrogen-bond donors (Lipinski definition) is 3. The van der Waals surface area contributed by atoms with Crippen LogP contribution in [0.4, 0.5) is 4.79 Å². The second-order valence-corrected chi connectivity index (χ2v) is 6.45. The van der Waals surface area contributed by atoms with E-state index in [1.807, 2.05) is 30.5 Å². The largest absolute Gasteiger partial charge is 0.465 e. The van der Waals surface area contributed by atoms with Crippen molar-refractivity contribution in [2.75, 3.05) is 0 Å². The van der Waals surface area contributed by atoms with Crippen LogP contribution < -0.4 is 5.32 Å². The van der Waals surface area contributed by atoms with E-state index in [9.17, 15) is 4.79 Å². The number of benzene rings is 1. The van der Waals surface area contributed by atoms with Crippen LogP contribution in [0.5, 0.6) is 0 Å². The molecule has 124 valence electrons. The lowest BCUT2D eigenvalue weighted by atomic mass is 10.1. The highest BCUT2D eigenvalue weighted by atomic mass is 79.9. The SMILES string of the molecule is CCCCCC[C@@H](NC(=O)O)c1nc(-c2cccc(Br)c2)c[nH]1. The zero-order chi connectivity index (χ0) is 16.7. The van der Waals surface area contributed by atoms with E-state index in [0.717, 1.165) is 41.4 Å². The predicted octanol–water partition coefficient (Wildman–Crippen LogP) is 5.12. The third-order valence-corrected chi connectivity index (χ3v) is 4.19. The van der Waals surface area contributed by atoms with Gasteiger partial charge in [-0.2, -0.15) is 0 Å². The zero-order valence-electron chi connectivity index (χ0n) is 13.2. The van der Waals surface area contributed by atoms with Crippen LogP contribution in [0.1, 0.15) is 50.9 Å². The number of carbonyl (C=O) groups is 1. The Morgan fingerprint density at radius 1 is 1.39 bits per heavy atom. The molecule has 0 aliphatic carbocycles. The molecule has 0 saturated heterocycles. The maximum Gasteiger partial charge on any atom is 0.405 e. The molecule has 1 aromatic heterocycles. The fourth-order valence-electron chi connectivity index (χ4n) is 2.51. The van der Waals surface area contributed by atoms with Crippen LogP contribution >= 0.6 is 15.9 Å². The summed E-state index contributed by atoms with van der Waals surface area (Å²) >= 11 is 3.45. The zero-order valence-corrected chi connectivity index (χ0v) is 14.8. The molecule has 1 amide bonds. The number of nitrogens with one attached hydrogen (secondary N) is 2. The second-order valence-electron chi connectivity index (χ2n) is 5.53. The van der Waals surface area contributed by atoms with Crippen LogP contribution in [-0.2, 0) is 0 Å². The first-order valence-electron chi connectivity index (χ1n) is 7.91. The number of aromatic amines is 1. The Labute approximate surface area is 144 Å². The lowest BCUT2D eigenvalue weighted by Gasteiger charge is -2.14. The van der Waals surface area contributed by atoms with E-state index in [-0.39, 0.29) is 6.04 Å². The van der Waals surface area contributed by atoms with E-state index in [0.29, 0.717) is 5.82 Å². The molecule has 0 aliphatic rings. The van der Waals surface area contributed by atoms with Gasteiger partial charge in [0.05, 0.1) is 11.7 Å². The predicted molar refractivity (Wildman–Crippen MR) is 94.4 cm³/mol. The summed E-state index contributed by atoms with van der Waals surface area (Å²) in [5, 5.41) is 11.6. The van der Waals surface area contributed by atoms with Crippen LogP contribution in [0.3, 0.4) is 0 Å². The summed E-state index contributed by atoms with van der Waals surface area (Å²) in [6, 6.07) is 7.57. The quantitative estimate of drug-likeness (QED) is 0.557. The van der Waals surface area contributed by atoms with Gasteiger partial charge in [-0.25, -0.2) is 9.78 Å². The number of nitrogens with zero attached hydrogens (tertiary/aromatic N) is 1. The first-order chi connectivity index (χ1) is 11.1. The summed E-state index contributed by atoms with van der Waals surface area (Å²) < 4.78 is 0.985. The van der Waals surface area contributed by atoms with Gasteiger partial charge < -0.3 is 15.4 Å². The van der Waals surface area contributed by atoms with Gasteiger partial charge in [0.2, 0.25) is 0 Å². The molecule has 23 heavy (non-hydrogen) atoms. The summed E-state index contributed by atoms with van der Waals surface area (Å²) in [4.78, 5) is 18.7. The van der Waals surface area contributed by atoms with Crippen molar-refractivity contribution < 1.29 is 9.90 Å². The van der Waals surface area contributed by atoms with E-state index in [1.165, 1.54) is 6.42 Å². The van der Waals surface area contributed by atoms with E-state index in [1.54, 1.807) is 0 Å². The smallest absolute Gasteiger partial charge is 0.405 e. The number of amides is 1. The number of unbranched alkanes of at least 4 members (excludes halogenated alkanes) is 3. The van der Waals surface area contributed by atoms with Crippen molar-refractivity contribution in [2.24, 2.45) is 0 Å². The molecule has 1 heterocycles. The third kappa shape index (κ3) is 5.39. The Kier molecular flexibility index (Phi) is 6.65. The minimum absolute atomic E-state index is 0.301. The molecule has 0 saturated carbocycles. The summed E-state index contributed by atoms with van der Waals surface area (Å²) in [5.41, 5.74) is 1.80. The van der Waals surface area contributed by atoms with Gasteiger partial charge in [0.25, 0.3) is 0 Å². The summed E-state index contributed by atoms with van der Waals surface area (Å²) in [6.45, 7) is 2.16. The molecular formula is C17H22BrN3O2. The highest BCUT2D eigenvalue weighted by Crippen LogP contribution is 2.24. The van der Waals surface area contributed by atoms with Crippen LogP contribution in [-0.4, -0.2) is 21.2 Å². The van der Waals surface area contributed by atoms with Crippen molar-refractivity contribution in [3.63, 3.8) is 0 Å². The van der Waals surface area contributed by atoms with Crippen molar-refractivity contribution in [3.8, 4) is 11.3 Å². The Morgan fingerprint density at radius 3 is 2.91 bits per heavy atom. The lowest BCUT2D eigenvalue weighted by Crippen LogP contribution is -2.27. The number of halogens is 1. The van der Waals surface area contributed by atoms with E-state index in [2.05, 4.69) is 38.1 Å². The van der Waals surface area contributed by atoms with Gasteiger partial charge in [0, 0.05) is 16.2 Å². The van der Waals surface area contributed by atoms with Gasteiger partial charge in [-0.1, -0.05) is 60.7 Å². The van der Waals surface area contributed by atoms with Crippen molar-refractivity contribution in [2.45, 2.75) is 45.1 Å². The van der Waals surface area contributed by atoms with Crippen molar-refractivity contribution in [1.29, 1.82) is 0 Å². The Morgan fingerprint density at radius 2 is 2.22 bits per heavy atom. The maximum atomic E-state index is 11.0. The summed E-state index contributed by atoms with van der Waals surface area (Å²) in [7, 11) is 0. The molecule has 0 fully saturated rings. The highest BCUT2D eigenvalue weighted by molar-refractivity contribution is 9.10. The first kappa shape index (κ1) is 17.5. The maximum absolute atomic E-state index is 11.0. The highest BCUT2D eigenvalue weighted by Gasteiger charge is 2.17. The molecule has 0 spiro atoms. The first-order valence-corrected chi connectivity index (χ1v) is 8.70. The van der Waals surface area contributed by atoms with Crippen LogP contribution in [0.25, 0.3) is 11.3 Å². The minimum atomic E-state index is -1.02. The molecule has 2 rings (SSSR count). The van der Waals surface area contributed by atoms with Gasteiger partial charge in [0.15, 0.2) is 0 Å². The normalized spacial score (nSPS) is 12.1. The molecule has 6 heteroatoms. The number of carboxylic acid groups (broad SMARTS) is 1. The number of imidazole rings is 1. The van der Waals surface area contributed by atoms with Gasteiger partial charge >= 0.3 is 6.09 Å². The van der Waals surface area contributed by atoms with Crippen LogP contribution in [0, 0.1) is 0 Å². The number of aromatic nitrogens is 2. The van der Waals surface area contributed by atoms with Gasteiger partial charge in [-0.15, -0.1) is 0 Å². The minimum Gasteiger partial charge on any atom is -0.465 e. The molecular weight excluding hydrogens is 358 g/mol. The Hall–Kier alpha value is -1.82. The molecule has 0 unspecified atom stereocenters. The number of hydrogen-bond acceptors (Lipinski definition) is 2. The molecule has 2 aromatic rings. The van der Waals surface area contributed by atoms with Crippen LogP contribution in [0.2, 0.25) is 0 Å². The van der Waals surface area contributed by atoms with E-state index >= 15 is 0 Å². The standard InChI is InChI=1S/C17H22BrN3O2/c1-2-3-4-5-9-14(21-17(22)23)16-19-11-15(20-16)12-7-6-8-13(18)10-12/h6-8,10-11,14,21H,2-5,9H2,1H3,(H,19,20)(H,22,23)/t14-/m1/s1. The average Bonchev–Trinajstić information content (AvgIpc) is 3.00. The summed E-state index contributed by atoms with van der Waals surface area (Å²) in [6.07, 6.45) is 5.95. The monoisotopic (exact) mass is 379 g/mol. The Balaban J connectivity index is 2.11. The number of H-pyrrole nitrogens is 1. The molecule has 1 atom stereocenters. The van der Waals surface area contributed by atoms with Gasteiger partial charge in [-0.3, -0.25) is 0 Å². The lowest BCUT2D eigenvalue weighted by molar-refractivity contribution is 0.188. The molecule has 3 N–H and O–H groups in total. The Bertz CT molecular complexity index is 642. The average molecular weight is 380 g/mol. The molecule has 5 nitrogen and oxygen atoms in total. The van der Waals surface area contributed by atoms with Gasteiger partial charge in [0.1, 0.15) is 5.82 Å². The van der Waals surface area contributed by atoms with Crippen molar-refractivity contribution in [3.05, 3.63) is 40.8 Å². The number of rotatable bonds is 8. The topological polar surface area (TPSA) is 78.0 Å². The van der Waals surface area contributed by atoms with Crippen molar-refractivity contribution >= 4 is 22.0 Å². The van der Waals surface area contributed by atoms with E-state index < -0.39 is 6.09 Å². The molecule has 1 aromatic carbocycles. The molecule has 0 radical (unpaired) electrons. The fourth-order valence-corrected chi connectivity index (χ4v) is 2.91. The third-order valence-electron chi connectivity index (χ3n) is 3.69. The second kappa shape index (κ2) is 8.72. The van der Waals surface area contributed by atoms with Crippen molar-refractivity contribution in [1.82, 2.24) is 15.3 Å². The molecule has 0 bridgehead atoms. The van der Waals surface area contributed by atoms with Crippen LogP contribution in [0.15, 0.2) is 34.9 Å².